The Bertz CT molecular complexity index is 1160. The summed E-state index contributed by atoms with van der Waals surface area (Å²) >= 11 is 6.85. The monoisotopic (exact) mass is 455 g/mol. The van der Waals surface area contributed by atoms with Crippen LogP contribution in [0.3, 0.4) is 0 Å². The zero-order valence-electron chi connectivity index (χ0n) is 16.3. The second-order valence-corrected chi connectivity index (χ2v) is 8.42. The minimum Gasteiger partial charge on any atom is -0.465 e. The van der Waals surface area contributed by atoms with Gasteiger partial charge in [0.2, 0.25) is 0 Å². The van der Waals surface area contributed by atoms with Gasteiger partial charge in [-0.05, 0) is 39.0 Å². The molecule has 0 fully saturated rings. The summed E-state index contributed by atoms with van der Waals surface area (Å²) in [6.07, 6.45) is -0.765. The van der Waals surface area contributed by atoms with Gasteiger partial charge in [0.25, 0.3) is 0 Å². The summed E-state index contributed by atoms with van der Waals surface area (Å²) in [6, 6.07) is 3.29. The van der Waals surface area contributed by atoms with Gasteiger partial charge >= 0.3 is 12.1 Å². The fourth-order valence-electron chi connectivity index (χ4n) is 2.52. The predicted octanol–water partition coefficient (Wildman–Crippen LogP) is 5.42. The van der Waals surface area contributed by atoms with Gasteiger partial charge in [0.15, 0.2) is 10.9 Å². The normalized spacial score (nSPS) is 11.4. The number of hydrogen-bond donors (Lipinski definition) is 1. The molecule has 1 amide bonds. The Labute approximate surface area is 179 Å². The van der Waals surface area contributed by atoms with E-state index in [1.165, 1.54) is 6.07 Å². The number of nitrogens with zero attached hydrogens (tertiary/aromatic N) is 2. The van der Waals surface area contributed by atoms with Crippen LogP contribution in [-0.4, -0.2) is 34.7 Å². The van der Waals surface area contributed by atoms with E-state index in [1.54, 1.807) is 20.8 Å². The van der Waals surface area contributed by atoms with Crippen molar-refractivity contribution >= 4 is 50.3 Å². The number of nitrogens with one attached hydrogen (secondary N) is 1. The lowest BCUT2D eigenvalue weighted by Crippen LogP contribution is -2.27. The smallest absolute Gasteiger partial charge is 0.413 e. The SMILES string of the molecule is COC(=O)c1cc(F)c(-c2ccc(F)c3sc(NC(=O)OC(C)(C)C)nc23)nc1Cl. The van der Waals surface area contributed by atoms with Crippen molar-refractivity contribution < 1.29 is 27.8 Å². The molecule has 2 aromatic heterocycles. The van der Waals surface area contributed by atoms with Gasteiger partial charge in [0.05, 0.1) is 22.9 Å². The number of pyridine rings is 1. The number of amides is 1. The van der Waals surface area contributed by atoms with Crippen molar-refractivity contribution in [1.82, 2.24) is 9.97 Å². The Morgan fingerprint density at radius 2 is 1.87 bits per heavy atom. The highest BCUT2D eigenvalue weighted by atomic mass is 35.5. The fraction of sp³-hybridized carbons (Fsp3) is 0.263. The van der Waals surface area contributed by atoms with Crippen molar-refractivity contribution in [2.45, 2.75) is 26.4 Å². The zero-order valence-corrected chi connectivity index (χ0v) is 17.9. The molecule has 0 saturated heterocycles. The van der Waals surface area contributed by atoms with Gasteiger partial charge in [-0.3, -0.25) is 5.32 Å². The van der Waals surface area contributed by atoms with Gasteiger partial charge in [-0.2, -0.15) is 0 Å². The Balaban J connectivity index is 2.07. The van der Waals surface area contributed by atoms with Crippen LogP contribution in [0.4, 0.5) is 18.7 Å². The van der Waals surface area contributed by atoms with E-state index in [0.29, 0.717) is 0 Å². The molecule has 0 bridgehead atoms. The number of thiazole rings is 1. The highest BCUT2D eigenvalue weighted by molar-refractivity contribution is 7.22. The lowest BCUT2D eigenvalue weighted by molar-refractivity contribution is 0.0597. The molecule has 0 saturated carbocycles. The van der Waals surface area contributed by atoms with Gasteiger partial charge in [-0.1, -0.05) is 22.9 Å². The Kier molecular flexibility index (Phi) is 5.91. The van der Waals surface area contributed by atoms with Crippen LogP contribution in [0.25, 0.3) is 21.5 Å². The van der Waals surface area contributed by atoms with Gasteiger partial charge in [0, 0.05) is 5.56 Å². The molecule has 0 spiro atoms. The third-order valence-electron chi connectivity index (χ3n) is 3.69. The van der Waals surface area contributed by atoms with E-state index in [1.807, 2.05) is 0 Å². The van der Waals surface area contributed by atoms with Gasteiger partial charge < -0.3 is 9.47 Å². The van der Waals surface area contributed by atoms with Crippen molar-refractivity contribution in [2.24, 2.45) is 0 Å². The van der Waals surface area contributed by atoms with E-state index in [-0.39, 0.29) is 37.3 Å². The first kappa shape index (κ1) is 21.8. The molecule has 30 heavy (non-hydrogen) atoms. The first-order valence-corrected chi connectivity index (χ1v) is 9.73. The second kappa shape index (κ2) is 8.11. The average molecular weight is 456 g/mol. The number of methoxy groups -OCH3 is 1. The molecular formula is C19H16ClF2N3O4S. The van der Waals surface area contributed by atoms with E-state index in [9.17, 15) is 18.4 Å². The average Bonchev–Trinajstić information content (AvgIpc) is 3.06. The van der Waals surface area contributed by atoms with Crippen molar-refractivity contribution in [3.05, 3.63) is 40.6 Å². The summed E-state index contributed by atoms with van der Waals surface area (Å²) in [5.41, 5.74) is -1.01. The number of rotatable bonds is 3. The summed E-state index contributed by atoms with van der Waals surface area (Å²) in [5.74, 6) is -2.33. The standard InChI is InChI=1S/C19H16ClF2N3O4S/c1-19(2,3)29-18(27)25-17-24-13-8(5-6-10(21)14(13)30-17)12-11(22)7-9(15(20)23-12)16(26)28-4/h5-7H,1-4H3,(H,24,25,27). The maximum absolute atomic E-state index is 14.7. The van der Waals surface area contributed by atoms with Crippen molar-refractivity contribution in [1.29, 1.82) is 0 Å². The first-order chi connectivity index (χ1) is 14.0. The Hall–Kier alpha value is -2.85. The van der Waals surface area contributed by atoms with Crippen LogP contribution in [0.2, 0.25) is 5.15 Å². The number of anilines is 1. The molecular weight excluding hydrogens is 440 g/mol. The molecule has 7 nitrogen and oxygen atoms in total. The van der Waals surface area contributed by atoms with Crippen LogP contribution >= 0.6 is 22.9 Å². The highest BCUT2D eigenvalue weighted by Gasteiger charge is 2.23. The number of ether oxygens (including phenoxy) is 2. The van der Waals surface area contributed by atoms with Crippen LogP contribution in [0.1, 0.15) is 31.1 Å². The number of hydrogen-bond acceptors (Lipinski definition) is 7. The molecule has 3 aromatic rings. The molecule has 11 heteroatoms. The predicted molar refractivity (Wildman–Crippen MR) is 109 cm³/mol. The Morgan fingerprint density at radius 1 is 1.17 bits per heavy atom. The van der Waals surface area contributed by atoms with Gasteiger partial charge in [0.1, 0.15) is 22.3 Å². The van der Waals surface area contributed by atoms with E-state index in [0.717, 1.165) is 30.6 Å². The lowest BCUT2D eigenvalue weighted by atomic mass is 10.1. The third kappa shape index (κ3) is 4.49. The van der Waals surface area contributed by atoms with Crippen molar-refractivity contribution in [3.63, 3.8) is 0 Å². The number of halogens is 3. The minimum atomic E-state index is -0.873. The minimum absolute atomic E-state index is 0.0586. The maximum Gasteiger partial charge on any atom is 0.413 e. The Morgan fingerprint density at radius 3 is 2.50 bits per heavy atom. The van der Waals surface area contributed by atoms with Crippen LogP contribution < -0.4 is 5.32 Å². The van der Waals surface area contributed by atoms with Crippen molar-refractivity contribution in [3.8, 4) is 11.3 Å². The van der Waals surface area contributed by atoms with E-state index in [4.69, 9.17) is 16.3 Å². The van der Waals surface area contributed by atoms with E-state index < -0.39 is 29.3 Å². The summed E-state index contributed by atoms with van der Waals surface area (Å²) in [7, 11) is 1.13. The summed E-state index contributed by atoms with van der Waals surface area (Å²) in [4.78, 5) is 31.8. The lowest BCUT2D eigenvalue weighted by Gasteiger charge is -2.18. The molecule has 0 unspecified atom stereocenters. The zero-order chi connectivity index (χ0) is 22.2. The molecule has 0 aliphatic carbocycles. The number of benzene rings is 1. The first-order valence-electron chi connectivity index (χ1n) is 8.54. The van der Waals surface area contributed by atoms with E-state index in [2.05, 4.69) is 20.0 Å². The third-order valence-corrected chi connectivity index (χ3v) is 4.96. The second-order valence-electron chi connectivity index (χ2n) is 7.07. The summed E-state index contributed by atoms with van der Waals surface area (Å²) < 4.78 is 38.8. The molecule has 1 aromatic carbocycles. The van der Waals surface area contributed by atoms with Crippen LogP contribution in [-0.2, 0) is 9.47 Å². The fourth-order valence-corrected chi connectivity index (χ4v) is 3.62. The molecule has 3 rings (SSSR count). The summed E-state index contributed by atoms with van der Waals surface area (Å²) in [5, 5.41) is 2.21. The number of carbonyl (C=O) groups excluding carboxylic acids is 2. The molecule has 1 N–H and O–H groups in total. The topological polar surface area (TPSA) is 90.4 Å². The van der Waals surface area contributed by atoms with Gasteiger partial charge in [-0.25, -0.2) is 28.3 Å². The van der Waals surface area contributed by atoms with Crippen LogP contribution in [0, 0.1) is 11.6 Å². The number of carbonyl (C=O) groups is 2. The highest BCUT2D eigenvalue weighted by Crippen LogP contribution is 2.37. The number of esters is 1. The number of aromatic nitrogens is 2. The molecule has 0 aliphatic rings. The van der Waals surface area contributed by atoms with E-state index >= 15 is 0 Å². The quantitative estimate of drug-likeness (QED) is 0.418. The molecule has 0 aliphatic heterocycles. The molecule has 2 heterocycles. The van der Waals surface area contributed by atoms with Crippen LogP contribution in [0.15, 0.2) is 18.2 Å². The molecule has 0 radical (unpaired) electrons. The molecule has 0 atom stereocenters. The van der Waals surface area contributed by atoms with Gasteiger partial charge in [-0.15, -0.1) is 0 Å². The van der Waals surface area contributed by atoms with Crippen molar-refractivity contribution in [2.75, 3.05) is 12.4 Å². The maximum atomic E-state index is 14.7. The number of fused-ring (bicyclic) bond motifs is 1. The largest absolute Gasteiger partial charge is 0.465 e. The molecule has 158 valence electrons. The van der Waals surface area contributed by atoms with Crippen LogP contribution in [0.5, 0.6) is 0 Å². The summed E-state index contributed by atoms with van der Waals surface area (Å²) in [6.45, 7) is 5.08.